The molecule has 4 saturated carbocycles. The highest BCUT2D eigenvalue weighted by molar-refractivity contribution is 9.10. The maximum absolute atomic E-state index is 12.9. The van der Waals surface area contributed by atoms with Crippen molar-refractivity contribution in [3.05, 3.63) is 29.8 Å². The highest BCUT2D eigenvalue weighted by Crippen LogP contribution is 2.64. The van der Waals surface area contributed by atoms with Crippen LogP contribution in [0.1, 0.15) is 55.3 Å². The summed E-state index contributed by atoms with van der Waals surface area (Å²) in [6, 6.07) is 6.29. The van der Waals surface area contributed by atoms with Crippen LogP contribution in [0.2, 0.25) is 0 Å². The van der Waals surface area contributed by atoms with Crippen molar-refractivity contribution < 1.29 is 14.7 Å². The van der Waals surface area contributed by atoms with Crippen LogP contribution in [0.5, 0.6) is 5.75 Å². The van der Waals surface area contributed by atoms with E-state index in [4.69, 9.17) is 0 Å². The van der Waals surface area contributed by atoms with Gasteiger partial charge in [0.15, 0.2) is 0 Å². The molecule has 4 aliphatic rings. The molecule has 0 aliphatic heterocycles. The lowest BCUT2D eigenvalue weighted by Crippen LogP contribution is -2.58. The summed E-state index contributed by atoms with van der Waals surface area (Å²) in [7, 11) is 0. The van der Waals surface area contributed by atoms with Gasteiger partial charge in [-0.05, 0) is 75.0 Å². The minimum absolute atomic E-state index is 0.0787. The zero-order valence-corrected chi connectivity index (χ0v) is 17.1. The van der Waals surface area contributed by atoms with Crippen molar-refractivity contribution in [2.24, 2.45) is 17.3 Å². The van der Waals surface area contributed by atoms with Crippen molar-refractivity contribution in [2.75, 3.05) is 13.1 Å². The zero-order valence-electron chi connectivity index (χ0n) is 15.5. The molecule has 2 amide bonds. The van der Waals surface area contributed by atoms with Gasteiger partial charge in [-0.3, -0.25) is 9.59 Å². The number of phenolic OH excluding ortho intramolecular Hbond substituents is 1. The number of halogens is 1. The molecule has 146 valence electrons. The first-order valence-corrected chi connectivity index (χ1v) is 10.7. The molecular formula is C21H27BrN2O3. The number of carbonyl (C=O) groups is 2. The molecule has 1 aromatic carbocycles. The van der Waals surface area contributed by atoms with Gasteiger partial charge in [0.1, 0.15) is 5.75 Å². The lowest BCUT2D eigenvalue weighted by Gasteiger charge is -2.59. The van der Waals surface area contributed by atoms with E-state index in [-0.39, 0.29) is 27.3 Å². The van der Waals surface area contributed by atoms with Crippen molar-refractivity contribution >= 4 is 27.7 Å². The summed E-state index contributed by atoms with van der Waals surface area (Å²) in [4.78, 5) is 25.0. The molecule has 4 fully saturated rings. The van der Waals surface area contributed by atoms with Crippen LogP contribution >= 0.6 is 15.9 Å². The summed E-state index contributed by atoms with van der Waals surface area (Å²) >= 11 is 3.95. The largest absolute Gasteiger partial charge is 0.508 e. The lowest BCUT2D eigenvalue weighted by molar-refractivity contribution is -0.144. The van der Waals surface area contributed by atoms with Crippen LogP contribution in [0.25, 0.3) is 0 Å². The quantitative estimate of drug-likeness (QED) is 0.474. The van der Waals surface area contributed by atoms with E-state index in [1.165, 1.54) is 31.4 Å². The number of hydrogen-bond donors (Lipinski definition) is 3. The molecule has 4 aliphatic carbocycles. The average Bonchev–Trinajstić information content (AvgIpc) is 2.59. The fraction of sp³-hybridized carbons (Fsp3) is 0.619. The molecule has 5 rings (SSSR count). The molecular weight excluding hydrogens is 408 g/mol. The summed E-state index contributed by atoms with van der Waals surface area (Å²) in [5, 5.41) is 15.4. The fourth-order valence-electron chi connectivity index (χ4n) is 5.85. The van der Waals surface area contributed by atoms with Gasteiger partial charge < -0.3 is 15.7 Å². The Hall–Kier alpha value is -1.56. The standard InChI is InChI=1S/C21H27BrN2O3/c22-21-11-14-7-15(12-21)10-20(9-14,13-21)19(27)24-6-2-5-23-18(26)16-3-1-4-17(25)8-16/h1,3-4,8,14-15,25H,2,5-7,9-13H2,(H,23,26)(H,24,27)/t14-,15-,20?,21?/m1/s1. The minimum atomic E-state index is -0.209. The first-order valence-electron chi connectivity index (χ1n) is 9.92. The van der Waals surface area contributed by atoms with E-state index < -0.39 is 0 Å². The number of aromatic hydroxyl groups is 1. The predicted molar refractivity (Wildman–Crippen MR) is 107 cm³/mol. The molecule has 0 saturated heterocycles. The van der Waals surface area contributed by atoms with E-state index in [1.807, 2.05) is 0 Å². The topological polar surface area (TPSA) is 78.4 Å². The Labute approximate surface area is 168 Å². The van der Waals surface area contributed by atoms with Crippen LogP contribution in [0.15, 0.2) is 24.3 Å². The summed E-state index contributed by atoms with van der Waals surface area (Å²) in [5.41, 5.74) is 0.258. The first-order chi connectivity index (χ1) is 12.9. The summed E-state index contributed by atoms with van der Waals surface area (Å²) in [5.74, 6) is 1.46. The predicted octanol–water partition coefficient (Wildman–Crippen LogP) is 3.36. The number of hydrogen-bond acceptors (Lipinski definition) is 3. The Morgan fingerprint density at radius 3 is 2.48 bits per heavy atom. The van der Waals surface area contributed by atoms with E-state index in [0.717, 1.165) is 19.3 Å². The van der Waals surface area contributed by atoms with Gasteiger partial charge in [0, 0.05) is 23.0 Å². The molecule has 1 aromatic rings. The highest BCUT2D eigenvalue weighted by atomic mass is 79.9. The van der Waals surface area contributed by atoms with Crippen LogP contribution in [0.3, 0.4) is 0 Å². The van der Waals surface area contributed by atoms with Crippen LogP contribution < -0.4 is 10.6 Å². The van der Waals surface area contributed by atoms with Crippen molar-refractivity contribution in [2.45, 2.75) is 49.3 Å². The second-order valence-electron chi connectivity index (χ2n) is 8.81. The maximum Gasteiger partial charge on any atom is 0.251 e. The third-order valence-electron chi connectivity index (χ3n) is 6.50. The SMILES string of the molecule is O=C(NCCCNC(=O)C12C[C@H]3C[C@@H](CC(Br)(C3)C1)C2)c1cccc(O)c1. The van der Waals surface area contributed by atoms with E-state index in [2.05, 4.69) is 26.6 Å². The molecule has 0 aromatic heterocycles. The van der Waals surface area contributed by atoms with Gasteiger partial charge in [-0.1, -0.05) is 22.0 Å². The van der Waals surface area contributed by atoms with Gasteiger partial charge >= 0.3 is 0 Å². The summed E-state index contributed by atoms with van der Waals surface area (Å²) < 4.78 is 0.184. The van der Waals surface area contributed by atoms with Crippen LogP contribution in [-0.4, -0.2) is 34.3 Å². The Kier molecular flexibility index (Phi) is 4.95. The number of nitrogens with one attached hydrogen (secondary N) is 2. The van der Waals surface area contributed by atoms with Gasteiger partial charge in [0.2, 0.25) is 5.91 Å². The van der Waals surface area contributed by atoms with Gasteiger partial charge in [-0.25, -0.2) is 0 Å². The molecule has 0 unspecified atom stereocenters. The van der Waals surface area contributed by atoms with Crippen molar-refractivity contribution in [3.63, 3.8) is 0 Å². The molecule has 4 bridgehead atoms. The Morgan fingerprint density at radius 1 is 1.11 bits per heavy atom. The second-order valence-corrected chi connectivity index (χ2v) is 10.5. The van der Waals surface area contributed by atoms with Crippen LogP contribution in [0, 0.1) is 17.3 Å². The third kappa shape index (κ3) is 3.86. The number of alkyl halides is 1. The number of carbonyl (C=O) groups excluding carboxylic acids is 2. The lowest BCUT2D eigenvalue weighted by atomic mass is 9.49. The van der Waals surface area contributed by atoms with Crippen LogP contribution in [0.4, 0.5) is 0 Å². The van der Waals surface area contributed by atoms with Crippen LogP contribution in [-0.2, 0) is 4.79 Å². The fourth-order valence-corrected chi connectivity index (χ4v) is 7.30. The van der Waals surface area contributed by atoms with Gasteiger partial charge in [-0.15, -0.1) is 0 Å². The third-order valence-corrected chi connectivity index (χ3v) is 7.43. The maximum atomic E-state index is 12.9. The molecule has 0 spiro atoms. The van der Waals surface area contributed by atoms with E-state index in [0.29, 0.717) is 36.9 Å². The van der Waals surface area contributed by atoms with Gasteiger partial charge in [-0.2, -0.15) is 0 Å². The highest BCUT2D eigenvalue weighted by Gasteiger charge is 2.59. The van der Waals surface area contributed by atoms with Crippen molar-refractivity contribution in [1.82, 2.24) is 10.6 Å². The van der Waals surface area contributed by atoms with Gasteiger partial charge in [0.25, 0.3) is 5.91 Å². The molecule has 0 radical (unpaired) electrons. The molecule has 27 heavy (non-hydrogen) atoms. The molecule has 5 nitrogen and oxygen atoms in total. The smallest absolute Gasteiger partial charge is 0.251 e. The zero-order chi connectivity index (χ0) is 19.1. The van der Waals surface area contributed by atoms with Crippen molar-refractivity contribution in [1.29, 1.82) is 0 Å². The average molecular weight is 435 g/mol. The normalized spacial score (nSPS) is 33.7. The second kappa shape index (κ2) is 7.12. The first kappa shape index (κ1) is 18.8. The Bertz CT molecular complexity index is 737. The summed E-state index contributed by atoms with van der Waals surface area (Å²) in [6.07, 6.45) is 7.47. The number of rotatable bonds is 6. The van der Waals surface area contributed by atoms with E-state index in [1.54, 1.807) is 12.1 Å². The molecule has 0 heterocycles. The molecule has 3 N–H and O–H groups in total. The number of phenols is 1. The Morgan fingerprint density at radius 2 is 1.81 bits per heavy atom. The summed E-state index contributed by atoms with van der Waals surface area (Å²) in [6.45, 7) is 1.07. The Balaban J connectivity index is 1.23. The van der Waals surface area contributed by atoms with Gasteiger partial charge in [0.05, 0.1) is 5.41 Å². The number of amides is 2. The monoisotopic (exact) mass is 434 g/mol. The van der Waals surface area contributed by atoms with Crippen molar-refractivity contribution in [3.8, 4) is 5.75 Å². The molecule has 6 heteroatoms. The molecule has 2 atom stereocenters. The minimum Gasteiger partial charge on any atom is -0.508 e. The van der Waals surface area contributed by atoms with E-state index in [9.17, 15) is 14.7 Å². The van der Waals surface area contributed by atoms with E-state index >= 15 is 0 Å². The number of benzene rings is 1.